The summed E-state index contributed by atoms with van der Waals surface area (Å²) in [5.41, 5.74) is -0.905. The fourth-order valence-electron chi connectivity index (χ4n) is 2.40. The van der Waals surface area contributed by atoms with Crippen LogP contribution < -0.4 is 10.0 Å². The number of thiophene rings is 1. The molecule has 14 heteroatoms. The van der Waals surface area contributed by atoms with Gasteiger partial charge in [0.15, 0.2) is 9.96 Å². The van der Waals surface area contributed by atoms with E-state index in [0.717, 1.165) is 4.31 Å². The first kappa shape index (κ1) is 22.1. The number of hydrogen-bond donors (Lipinski definition) is 3. The van der Waals surface area contributed by atoms with Crippen molar-refractivity contribution in [2.45, 2.75) is 25.0 Å². The summed E-state index contributed by atoms with van der Waals surface area (Å²) in [4.78, 5) is 23.0. The third kappa shape index (κ3) is 3.85. The number of carbonyl (C=O) groups excluding carboxylic acids is 2. The molecule has 28 heavy (non-hydrogen) atoms. The van der Waals surface area contributed by atoms with Gasteiger partial charge >= 0.3 is 5.97 Å². The second kappa shape index (κ2) is 8.06. The van der Waals surface area contributed by atoms with Crippen molar-refractivity contribution < 1.29 is 36.3 Å². The summed E-state index contributed by atoms with van der Waals surface area (Å²) in [5.74, 6) is -3.08. The Balaban J connectivity index is 2.51. The summed E-state index contributed by atoms with van der Waals surface area (Å²) < 4.78 is 56.2. The Morgan fingerprint density at radius 1 is 1.32 bits per heavy atom. The number of carbonyl (C=O) groups is 2. The van der Waals surface area contributed by atoms with Gasteiger partial charge in [-0.25, -0.2) is 26.4 Å². The molecule has 0 saturated carbocycles. The fraction of sp³-hybridized carbons (Fsp3) is 0.429. The minimum absolute atomic E-state index is 0.130. The average molecular weight is 454 g/mol. The molecule has 1 aliphatic heterocycles. The Kier molecular flexibility index (Phi) is 6.37. The number of hydrogen-bond acceptors (Lipinski definition) is 10. The minimum atomic E-state index is -4.44. The Labute approximate surface area is 166 Å². The highest BCUT2D eigenvalue weighted by Crippen LogP contribution is 2.40. The monoisotopic (exact) mass is 453 g/mol. The summed E-state index contributed by atoms with van der Waals surface area (Å²) >= 11 is 0.685. The summed E-state index contributed by atoms with van der Waals surface area (Å²) in [6, 6.07) is 0. The van der Waals surface area contributed by atoms with Crippen LogP contribution in [0.1, 0.15) is 20.8 Å². The van der Waals surface area contributed by atoms with Crippen LogP contribution in [0.5, 0.6) is 5.75 Å². The molecule has 1 aliphatic rings. The number of amides is 1. The normalized spacial score (nSPS) is 16.4. The number of anilines is 1. The van der Waals surface area contributed by atoms with Crippen molar-refractivity contribution in [2.24, 2.45) is 0 Å². The van der Waals surface area contributed by atoms with Gasteiger partial charge in [-0.1, -0.05) is 13.8 Å². The highest BCUT2D eigenvalue weighted by atomic mass is 32.2. The molecule has 0 unspecified atom stereocenters. The molecule has 3 N–H and O–H groups in total. The molecule has 0 aromatic carbocycles. The lowest BCUT2D eigenvalue weighted by Crippen LogP contribution is -2.30. The Bertz CT molecular complexity index is 1040. The van der Waals surface area contributed by atoms with E-state index in [2.05, 4.69) is 10.1 Å². The number of nitrogens with one attached hydrogen (secondary N) is 2. The Hall–Kier alpha value is -2.16. The summed E-state index contributed by atoms with van der Waals surface area (Å²) in [5, 5.41) is 13.9. The van der Waals surface area contributed by atoms with Crippen LogP contribution in [0.3, 0.4) is 0 Å². The van der Waals surface area contributed by atoms with Crippen LogP contribution in [0, 0.1) is 0 Å². The topological polar surface area (TPSA) is 159 Å². The van der Waals surface area contributed by atoms with Crippen LogP contribution in [0.2, 0.25) is 0 Å². The lowest BCUT2D eigenvalue weighted by molar-refractivity contribution is -0.137. The zero-order chi connectivity index (χ0) is 21.3. The van der Waals surface area contributed by atoms with Crippen molar-refractivity contribution in [3.8, 4) is 5.75 Å². The number of rotatable bonds is 8. The van der Waals surface area contributed by atoms with E-state index in [-0.39, 0.29) is 29.6 Å². The SMILES string of the molecule is CCOC(=O)C1=C(Nc2csc(S(=O)(=O)N(CC)CC)c2O)C(=O)NS1(=O)=O. The molecule has 2 rings (SSSR count). The highest BCUT2D eigenvalue weighted by Gasteiger charge is 2.42. The van der Waals surface area contributed by atoms with E-state index in [9.17, 15) is 31.5 Å². The number of sulfonamides is 2. The molecule has 0 aliphatic carbocycles. The molecule has 11 nitrogen and oxygen atoms in total. The largest absolute Gasteiger partial charge is 0.504 e. The van der Waals surface area contributed by atoms with E-state index in [0.29, 0.717) is 11.3 Å². The van der Waals surface area contributed by atoms with E-state index < -0.39 is 48.3 Å². The van der Waals surface area contributed by atoms with Gasteiger partial charge in [0, 0.05) is 18.5 Å². The number of ether oxygens (including phenoxy) is 1. The van der Waals surface area contributed by atoms with Gasteiger partial charge in [-0.2, -0.15) is 4.31 Å². The average Bonchev–Trinajstić information content (AvgIpc) is 3.06. The molecule has 2 heterocycles. The molecule has 0 saturated heterocycles. The lowest BCUT2D eigenvalue weighted by Gasteiger charge is -2.17. The Morgan fingerprint density at radius 3 is 2.46 bits per heavy atom. The van der Waals surface area contributed by atoms with Gasteiger partial charge in [0.1, 0.15) is 5.70 Å². The number of aromatic hydroxyl groups is 1. The van der Waals surface area contributed by atoms with Gasteiger partial charge < -0.3 is 15.2 Å². The molecule has 0 radical (unpaired) electrons. The van der Waals surface area contributed by atoms with Crippen molar-refractivity contribution in [3.63, 3.8) is 0 Å². The predicted molar refractivity (Wildman–Crippen MR) is 100 cm³/mol. The summed E-state index contributed by atoms with van der Waals surface area (Å²) in [6.45, 7) is 4.95. The maximum atomic E-state index is 12.6. The smallest absolute Gasteiger partial charge is 0.354 e. The van der Waals surface area contributed by atoms with E-state index in [1.807, 2.05) is 0 Å². The quantitative estimate of drug-likeness (QED) is 0.465. The van der Waals surface area contributed by atoms with E-state index >= 15 is 0 Å². The van der Waals surface area contributed by atoms with Crippen molar-refractivity contribution in [1.29, 1.82) is 0 Å². The van der Waals surface area contributed by atoms with Gasteiger partial charge in [0.2, 0.25) is 4.91 Å². The molecule has 0 spiro atoms. The lowest BCUT2D eigenvalue weighted by atomic mass is 10.3. The molecule has 156 valence electrons. The Morgan fingerprint density at radius 2 is 1.93 bits per heavy atom. The van der Waals surface area contributed by atoms with Gasteiger partial charge in [-0.15, -0.1) is 11.3 Å². The van der Waals surface area contributed by atoms with Crippen molar-refractivity contribution in [1.82, 2.24) is 9.03 Å². The maximum Gasteiger partial charge on any atom is 0.354 e. The molecule has 1 aromatic heterocycles. The van der Waals surface area contributed by atoms with Crippen LogP contribution in [0.4, 0.5) is 5.69 Å². The summed E-state index contributed by atoms with van der Waals surface area (Å²) in [6.07, 6.45) is 0. The van der Waals surface area contributed by atoms with E-state index in [1.165, 1.54) is 12.3 Å². The zero-order valence-corrected chi connectivity index (χ0v) is 17.6. The fourth-order valence-corrected chi connectivity index (χ4v) is 6.38. The van der Waals surface area contributed by atoms with Crippen molar-refractivity contribution in [2.75, 3.05) is 25.0 Å². The number of esters is 1. The first-order chi connectivity index (χ1) is 13.0. The zero-order valence-electron chi connectivity index (χ0n) is 15.2. The molecule has 1 aromatic rings. The predicted octanol–water partition coefficient (Wildman–Crippen LogP) is 0.130. The van der Waals surface area contributed by atoms with Crippen LogP contribution >= 0.6 is 11.3 Å². The minimum Gasteiger partial charge on any atom is -0.504 e. The third-order valence-electron chi connectivity index (χ3n) is 3.68. The van der Waals surface area contributed by atoms with Crippen LogP contribution in [0.25, 0.3) is 0 Å². The maximum absolute atomic E-state index is 12.6. The van der Waals surface area contributed by atoms with Gasteiger partial charge in [0.05, 0.1) is 12.3 Å². The van der Waals surface area contributed by atoms with E-state index in [1.54, 1.807) is 18.6 Å². The van der Waals surface area contributed by atoms with Gasteiger partial charge in [-0.3, -0.25) is 4.79 Å². The van der Waals surface area contributed by atoms with Gasteiger partial charge in [-0.05, 0) is 6.92 Å². The summed E-state index contributed by atoms with van der Waals surface area (Å²) in [7, 11) is -8.43. The second-order valence-electron chi connectivity index (χ2n) is 5.36. The highest BCUT2D eigenvalue weighted by molar-refractivity contribution is 7.95. The van der Waals surface area contributed by atoms with Crippen LogP contribution in [-0.4, -0.2) is 57.8 Å². The molecule has 0 bridgehead atoms. The third-order valence-corrected chi connectivity index (χ3v) is 8.58. The second-order valence-corrected chi connectivity index (χ2v) is 9.99. The molecular formula is C14H19N3O8S3. The van der Waals surface area contributed by atoms with Crippen LogP contribution in [0.15, 0.2) is 20.2 Å². The number of nitrogens with zero attached hydrogens (tertiary/aromatic N) is 1. The van der Waals surface area contributed by atoms with E-state index in [4.69, 9.17) is 0 Å². The molecule has 0 fully saturated rings. The van der Waals surface area contributed by atoms with Crippen LogP contribution in [-0.2, 0) is 34.4 Å². The molecular weight excluding hydrogens is 434 g/mol. The molecule has 0 atom stereocenters. The standard InChI is InChI=1S/C14H19N3O8S3/c1-4-17(5-2)28(23,24)14-10(18)8(7-26-14)15-9-11(13(20)25-6-3)27(21,22)16-12(9)19/h7,15,18H,4-6H2,1-3H3,(H,16,19). The van der Waals surface area contributed by atoms with Gasteiger partial charge in [0.25, 0.3) is 26.0 Å². The van der Waals surface area contributed by atoms with Crippen molar-refractivity contribution in [3.05, 3.63) is 16.0 Å². The molecule has 1 amide bonds. The van der Waals surface area contributed by atoms with Crippen molar-refractivity contribution >= 4 is 48.9 Å². The first-order valence-electron chi connectivity index (χ1n) is 8.07. The first-order valence-corrected chi connectivity index (χ1v) is 11.9.